The molecule has 0 aliphatic carbocycles. The van der Waals surface area contributed by atoms with Crippen LogP contribution in [0.15, 0.2) is 39.4 Å². The fourth-order valence-corrected chi connectivity index (χ4v) is 2.36. The van der Waals surface area contributed by atoms with Crippen LogP contribution in [-0.4, -0.2) is 16.9 Å². The lowest BCUT2D eigenvalue weighted by Crippen LogP contribution is -2.41. The molecule has 108 valence electrons. The van der Waals surface area contributed by atoms with E-state index in [-0.39, 0.29) is 39.6 Å². The number of alkyl halides is 1. The van der Waals surface area contributed by atoms with Gasteiger partial charge in [0.05, 0.1) is 5.56 Å². The van der Waals surface area contributed by atoms with Crippen molar-refractivity contribution in [3.05, 3.63) is 45.6 Å². The van der Waals surface area contributed by atoms with Crippen LogP contribution in [0.1, 0.15) is 15.9 Å². The van der Waals surface area contributed by atoms with E-state index in [9.17, 15) is 4.79 Å². The van der Waals surface area contributed by atoms with Gasteiger partial charge in [0.1, 0.15) is 16.0 Å². The molecule has 0 bridgehead atoms. The van der Waals surface area contributed by atoms with Gasteiger partial charge in [-0.1, -0.05) is 53.0 Å². The van der Waals surface area contributed by atoms with Crippen molar-refractivity contribution in [3.63, 3.8) is 0 Å². The molecular weight excluding hydrogens is 348 g/mol. The Hall–Kier alpha value is -1.14. The normalized spacial score (nSPS) is 21.6. The van der Waals surface area contributed by atoms with Crippen molar-refractivity contribution in [2.45, 2.75) is 5.12 Å². The Bertz CT molecular complexity index is 617. The first-order chi connectivity index (χ1) is 8.85. The van der Waals surface area contributed by atoms with Gasteiger partial charge in [-0.3, -0.25) is 0 Å². The average Bonchev–Trinajstić information content (AvgIpc) is 2.36. The average molecular weight is 357 g/mol. The predicted molar refractivity (Wildman–Crippen MR) is 81.7 cm³/mol. The molecule has 1 aromatic carbocycles. The molecule has 1 aliphatic rings. The zero-order valence-electron chi connectivity index (χ0n) is 9.73. The first-order valence-corrected chi connectivity index (χ1v) is 6.19. The van der Waals surface area contributed by atoms with Crippen molar-refractivity contribution in [1.82, 2.24) is 5.32 Å². The molecule has 1 unspecified atom stereocenters. The second-order valence-electron chi connectivity index (χ2n) is 3.72. The third-order valence-electron chi connectivity index (χ3n) is 2.48. The number of nitrogens with zero attached hydrogens (tertiary/aromatic N) is 1. The largest absolute Gasteiger partial charge is 0.478 e. The highest BCUT2D eigenvalue weighted by atomic mass is 35.5. The molecule has 0 amide bonds. The number of hydrogen-bond donors (Lipinski definition) is 3. The SMILES string of the molecule is Cl.NC1=NC(Cl)(c2ccccc2C(=O)O)NC(Cl)=C1Cl. The van der Waals surface area contributed by atoms with E-state index in [1.807, 2.05) is 0 Å². The highest BCUT2D eigenvalue weighted by Gasteiger charge is 2.37. The van der Waals surface area contributed by atoms with Crippen LogP contribution >= 0.6 is 47.2 Å². The topological polar surface area (TPSA) is 87.7 Å². The molecule has 0 aromatic heterocycles. The number of nitrogens with one attached hydrogen (secondary N) is 1. The number of halogens is 4. The van der Waals surface area contributed by atoms with E-state index in [1.54, 1.807) is 12.1 Å². The maximum Gasteiger partial charge on any atom is 0.336 e. The Kier molecular flexibility index (Phi) is 5.15. The molecule has 9 heteroatoms. The van der Waals surface area contributed by atoms with Gasteiger partial charge < -0.3 is 16.2 Å². The number of aromatic carboxylic acids is 1. The van der Waals surface area contributed by atoms with Gasteiger partial charge >= 0.3 is 5.97 Å². The van der Waals surface area contributed by atoms with Gasteiger partial charge in [-0.15, -0.1) is 12.4 Å². The second kappa shape index (κ2) is 6.10. The third-order valence-corrected chi connectivity index (χ3v) is 3.63. The van der Waals surface area contributed by atoms with Crippen LogP contribution in [-0.2, 0) is 5.12 Å². The van der Waals surface area contributed by atoms with Crippen molar-refractivity contribution in [3.8, 4) is 0 Å². The van der Waals surface area contributed by atoms with Crippen molar-refractivity contribution < 1.29 is 9.90 Å². The highest BCUT2D eigenvalue weighted by molar-refractivity contribution is 6.49. The van der Waals surface area contributed by atoms with Crippen LogP contribution in [0.25, 0.3) is 0 Å². The van der Waals surface area contributed by atoms with E-state index in [4.69, 9.17) is 45.6 Å². The molecular formula is C11H9Cl4N3O2. The minimum Gasteiger partial charge on any atom is -0.478 e. The first-order valence-electron chi connectivity index (χ1n) is 5.06. The minimum atomic E-state index is -1.60. The lowest BCUT2D eigenvalue weighted by Gasteiger charge is -2.30. The number of amidine groups is 1. The number of hydrogen-bond acceptors (Lipinski definition) is 4. The molecule has 0 saturated carbocycles. The van der Waals surface area contributed by atoms with Crippen LogP contribution in [0.3, 0.4) is 0 Å². The van der Waals surface area contributed by atoms with E-state index < -0.39 is 11.1 Å². The molecule has 1 aromatic rings. The Morgan fingerprint density at radius 3 is 2.50 bits per heavy atom. The van der Waals surface area contributed by atoms with Gasteiger partial charge in [0.25, 0.3) is 0 Å². The van der Waals surface area contributed by atoms with Gasteiger partial charge in [-0.25, -0.2) is 9.79 Å². The summed E-state index contributed by atoms with van der Waals surface area (Å²) in [5.41, 5.74) is 5.82. The number of carboxylic acid groups (broad SMARTS) is 1. The van der Waals surface area contributed by atoms with Gasteiger partial charge in [0.2, 0.25) is 5.12 Å². The van der Waals surface area contributed by atoms with Crippen molar-refractivity contribution in [2.75, 3.05) is 0 Å². The number of aliphatic imine (C=N–C) groups is 1. The summed E-state index contributed by atoms with van der Waals surface area (Å²) < 4.78 is 0. The summed E-state index contributed by atoms with van der Waals surface area (Å²) in [6.45, 7) is 0. The van der Waals surface area contributed by atoms with Crippen LogP contribution in [0, 0.1) is 0 Å². The second-order valence-corrected chi connectivity index (χ2v) is 5.03. The number of nitrogens with two attached hydrogens (primary N) is 1. The standard InChI is InChI=1S/C11H8Cl3N3O2.ClH/c12-7-8(13)16-11(14,17-9(7)15)6-4-2-1-3-5(6)10(18)19;/h1-4,16H,(H2,15,17)(H,18,19);1H. The quantitative estimate of drug-likeness (QED) is 0.561. The van der Waals surface area contributed by atoms with Gasteiger partial charge in [0.15, 0.2) is 0 Å². The van der Waals surface area contributed by atoms with Crippen LogP contribution < -0.4 is 11.1 Å². The lowest BCUT2D eigenvalue weighted by molar-refractivity contribution is 0.0694. The predicted octanol–water partition coefficient (Wildman–Crippen LogP) is 2.76. The van der Waals surface area contributed by atoms with Crippen LogP contribution in [0.2, 0.25) is 0 Å². The molecule has 20 heavy (non-hydrogen) atoms. The Balaban J connectivity index is 0.00000200. The number of benzene rings is 1. The van der Waals surface area contributed by atoms with E-state index in [0.717, 1.165) is 0 Å². The van der Waals surface area contributed by atoms with E-state index in [1.165, 1.54) is 12.1 Å². The van der Waals surface area contributed by atoms with E-state index >= 15 is 0 Å². The zero-order valence-corrected chi connectivity index (χ0v) is 12.8. The Morgan fingerprint density at radius 1 is 1.35 bits per heavy atom. The molecule has 0 fully saturated rings. The number of rotatable bonds is 2. The highest BCUT2D eigenvalue weighted by Crippen LogP contribution is 2.36. The summed E-state index contributed by atoms with van der Waals surface area (Å²) in [5, 5.41) is 10.2. The van der Waals surface area contributed by atoms with Crippen molar-refractivity contribution >= 4 is 59.0 Å². The molecule has 5 nitrogen and oxygen atoms in total. The molecule has 0 saturated heterocycles. The summed E-state index contributed by atoms with van der Waals surface area (Å²) in [6, 6.07) is 6.13. The van der Waals surface area contributed by atoms with Gasteiger partial charge in [0, 0.05) is 5.56 Å². The lowest BCUT2D eigenvalue weighted by atomic mass is 10.0. The Morgan fingerprint density at radius 2 is 1.95 bits per heavy atom. The molecule has 1 aliphatic heterocycles. The van der Waals surface area contributed by atoms with Gasteiger partial charge in [-0.05, 0) is 6.07 Å². The summed E-state index contributed by atoms with van der Waals surface area (Å²) in [7, 11) is 0. The summed E-state index contributed by atoms with van der Waals surface area (Å²) in [5.74, 6) is -1.21. The maximum absolute atomic E-state index is 11.2. The maximum atomic E-state index is 11.2. The number of carboxylic acids is 1. The fourth-order valence-electron chi connectivity index (χ4n) is 1.64. The smallest absolute Gasteiger partial charge is 0.336 e. The summed E-state index contributed by atoms with van der Waals surface area (Å²) >= 11 is 17.9. The fraction of sp³-hybridized carbons (Fsp3) is 0.0909. The molecule has 0 radical (unpaired) electrons. The van der Waals surface area contributed by atoms with Gasteiger partial charge in [-0.2, -0.15) is 0 Å². The minimum absolute atomic E-state index is 0. The third kappa shape index (κ3) is 2.96. The molecule has 2 rings (SSSR count). The Labute approximate surface area is 135 Å². The van der Waals surface area contributed by atoms with E-state index in [0.29, 0.717) is 0 Å². The molecule has 1 atom stereocenters. The molecule has 0 spiro atoms. The van der Waals surface area contributed by atoms with Crippen LogP contribution in [0.5, 0.6) is 0 Å². The van der Waals surface area contributed by atoms with Crippen molar-refractivity contribution in [2.24, 2.45) is 10.7 Å². The number of carbonyl (C=O) groups is 1. The molecule has 1 heterocycles. The summed E-state index contributed by atoms with van der Waals surface area (Å²) in [6.07, 6.45) is 0. The van der Waals surface area contributed by atoms with Crippen LogP contribution in [0.4, 0.5) is 0 Å². The monoisotopic (exact) mass is 355 g/mol. The molecule has 4 N–H and O–H groups in total. The van der Waals surface area contributed by atoms with E-state index in [2.05, 4.69) is 10.3 Å². The zero-order chi connectivity index (χ0) is 14.2. The van der Waals surface area contributed by atoms with Crippen molar-refractivity contribution in [1.29, 1.82) is 0 Å². The summed E-state index contributed by atoms with van der Waals surface area (Å²) in [4.78, 5) is 15.2. The first kappa shape index (κ1) is 16.9.